The summed E-state index contributed by atoms with van der Waals surface area (Å²) in [5.74, 6) is 0.914. The van der Waals surface area contributed by atoms with Crippen molar-refractivity contribution in [3.8, 4) is 0 Å². The lowest BCUT2D eigenvalue weighted by atomic mass is 10.2. The van der Waals surface area contributed by atoms with Crippen molar-refractivity contribution >= 4 is 35.0 Å². The van der Waals surface area contributed by atoms with Crippen LogP contribution in [0.4, 0.5) is 22.1 Å². The molecule has 0 radical (unpaired) electrons. The molecular formula is C27H33N7O6. The van der Waals surface area contributed by atoms with Gasteiger partial charge in [-0.1, -0.05) is 0 Å². The molecule has 2 N–H and O–H groups in total. The van der Waals surface area contributed by atoms with Crippen LogP contribution in [0.25, 0.3) is 5.65 Å². The number of nitrogens with zero attached hydrogens (tertiary/aromatic N) is 5. The molecule has 1 aliphatic heterocycles. The zero-order valence-electron chi connectivity index (χ0n) is 23.1. The van der Waals surface area contributed by atoms with Crippen LogP contribution in [-0.2, 0) is 14.2 Å². The maximum Gasteiger partial charge on any atom is 0.415 e. The number of nitrogens with one attached hydrogen (secondary N) is 2. The minimum absolute atomic E-state index is 0.0253. The van der Waals surface area contributed by atoms with Crippen LogP contribution in [0.15, 0.2) is 35.4 Å². The van der Waals surface area contributed by atoms with Crippen molar-refractivity contribution in [2.75, 3.05) is 37.6 Å². The minimum Gasteiger partial charge on any atom is -0.443 e. The summed E-state index contributed by atoms with van der Waals surface area (Å²) in [4.78, 5) is 45.4. The fourth-order valence-electron chi connectivity index (χ4n) is 5.26. The normalized spacial score (nSPS) is 24.9. The van der Waals surface area contributed by atoms with Crippen LogP contribution in [0, 0.1) is 11.8 Å². The number of amides is 2. The molecule has 3 fully saturated rings. The van der Waals surface area contributed by atoms with Crippen molar-refractivity contribution in [1.82, 2.24) is 24.5 Å². The monoisotopic (exact) mass is 551 g/mol. The first-order valence-corrected chi connectivity index (χ1v) is 13.3. The molecule has 13 heteroatoms. The summed E-state index contributed by atoms with van der Waals surface area (Å²) in [6, 6.07) is 5.11. The highest BCUT2D eigenvalue weighted by atomic mass is 16.6. The average molecular weight is 552 g/mol. The van der Waals surface area contributed by atoms with Crippen molar-refractivity contribution in [3.63, 3.8) is 0 Å². The SMILES string of the molecule is CO[C@@H]1CC1NC(=O)c1cnn2c(N(C)C(=O)OC(C)(C)C)cc(Nc3cccn([C@H]4[C@@H]5COC[C@@H]54)c3=O)nc12. The highest BCUT2D eigenvalue weighted by Crippen LogP contribution is 2.53. The Morgan fingerprint density at radius 2 is 1.98 bits per heavy atom. The number of hydrogen-bond donors (Lipinski definition) is 2. The molecular weight excluding hydrogens is 518 g/mol. The van der Waals surface area contributed by atoms with E-state index < -0.39 is 11.7 Å². The van der Waals surface area contributed by atoms with Crippen molar-refractivity contribution in [2.24, 2.45) is 11.8 Å². The Hall–Kier alpha value is -3.97. The van der Waals surface area contributed by atoms with Crippen LogP contribution in [0.1, 0.15) is 43.6 Å². The zero-order valence-corrected chi connectivity index (χ0v) is 23.1. The molecule has 0 aromatic carbocycles. The minimum atomic E-state index is -0.725. The largest absolute Gasteiger partial charge is 0.443 e. The van der Waals surface area contributed by atoms with Gasteiger partial charge in [0.1, 0.15) is 28.5 Å². The number of pyridine rings is 1. The van der Waals surface area contributed by atoms with Crippen molar-refractivity contribution in [1.29, 1.82) is 0 Å². The van der Waals surface area contributed by atoms with Crippen LogP contribution in [0.3, 0.4) is 0 Å². The number of carbonyl (C=O) groups is 2. The first-order chi connectivity index (χ1) is 19.1. The number of fused-ring (bicyclic) bond motifs is 2. The molecule has 4 heterocycles. The van der Waals surface area contributed by atoms with Gasteiger partial charge in [0.2, 0.25) is 0 Å². The van der Waals surface area contributed by atoms with Crippen molar-refractivity contribution in [3.05, 3.63) is 46.5 Å². The number of anilines is 3. The Balaban J connectivity index is 1.36. The van der Waals surface area contributed by atoms with Gasteiger partial charge in [0.05, 0.1) is 31.6 Å². The van der Waals surface area contributed by atoms with Gasteiger partial charge < -0.3 is 29.4 Å². The molecule has 1 unspecified atom stereocenters. The molecule has 2 amide bonds. The first kappa shape index (κ1) is 26.3. The molecule has 3 aromatic heterocycles. The highest BCUT2D eigenvalue weighted by Gasteiger charge is 2.55. The van der Waals surface area contributed by atoms with Gasteiger partial charge in [0.15, 0.2) is 5.65 Å². The molecule has 3 aromatic rings. The van der Waals surface area contributed by atoms with Gasteiger partial charge in [-0.2, -0.15) is 9.61 Å². The van der Waals surface area contributed by atoms with Gasteiger partial charge >= 0.3 is 6.09 Å². The standard InChI is InChI=1S/C27H33N7O6/c1-27(2,3)40-26(37)32(4)21-10-20(29-17-7-6-8-33(25(17)36)22-15-12-39-13-16(15)22)31-23-14(11-28-34(21)23)24(35)30-18-9-19(18)38-5/h6-8,10-11,15-16,18-19,22H,9,12-13H2,1-5H3,(H,29,31)(H,30,35)/t15-,16+,18?,19-,22+/m1/s1. The fourth-order valence-corrected chi connectivity index (χ4v) is 5.26. The molecule has 0 bridgehead atoms. The lowest BCUT2D eigenvalue weighted by molar-refractivity contribution is 0.0587. The molecule has 40 heavy (non-hydrogen) atoms. The Bertz CT molecular complexity index is 1530. The zero-order chi connectivity index (χ0) is 28.3. The third-order valence-corrected chi connectivity index (χ3v) is 7.53. The van der Waals surface area contributed by atoms with Gasteiger partial charge in [0, 0.05) is 44.3 Å². The molecule has 212 valence electrons. The highest BCUT2D eigenvalue weighted by molar-refractivity contribution is 6.01. The van der Waals surface area contributed by atoms with Gasteiger partial charge in [-0.15, -0.1) is 0 Å². The Morgan fingerprint density at radius 3 is 2.65 bits per heavy atom. The second-order valence-corrected chi connectivity index (χ2v) is 11.5. The predicted octanol–water partition coefficient (Wildman–Crippen LogP) is 2.34. The smallest absolute Gasteiger partial charge is 0.415 e. The maximum atomic E-state index is 13.4. The van der Waals surface area contributed by atoms with E-state index in [-0.39, 0.29) is 46.7 Å². The number of carbonyl (C=O) groups excluding carboxylic acids is 2. The number of rotatable bonds is 7. The maximum absolute atomic E-state index is 13.4. The molecule has 3 aliphatic rings. The van der Waals surface area contributed by atoms with Crippen LogP contribution in [0.5, 0.6) is 0 Å². The molecule has 13 nitrogen and oxygen atoms in total. The molecule has 5 atom stereocenters. The van der Waals surface area contributed by atoms with Crippen molar-refractivity contribution in [2.45, 2.75) is 51.0 Å². The van der Waals surface area contributed by atoms with E-state index in [4.69, 9.17) is 14.2 Å². The summed E-state index contributed by atoms with van der Waals surface area (Å²) in [6.45, 7) is 6.65. The van der Waals surface area contributed by atoms with Crippen LogP contribution in [-0.4, -0.2) is 76.3 Å². The number of aromatic nitrogens is 4. The molecule has 6 rings (SSSR count). The Labute approximate surface area is 230 Å². The summed E-state index contributed by atoms with van der Waals surface area (Å²) >= 11 is 0. The average Bonchev–Trinajstić information content (AvgIpc) is 3.66. The van der Waals surface area contributed by atoms with E-state index >= 15 is 0 Å². The molecule has 2 aliphatic carbocycles. The van der Waals surface area contributed by atoms with Crippen molar-refractivity contribution < 1.29 is 23.8 Å². The van der Waals surface area contributed by atoms with E-state index in [0.29, 0.717) is 36.6 Å². The van der Waals surface area contributed by atoms with Crippen LogP contribution >= 0.6 is 0 Å². The van der Waals surface area contributed by atoms with E-state index in [9.17, 15) is 14.4 Å². The Kier molecular flexibility index (Phi) is 6.30. The lowest BCUT2D eigenvalue weighted by Gasteiger charge is -2.25. The molecule has 2 saturated carbocycles. The third kappa shape index (κ3) is 4.79. The van der Waals surface area contributed by atoms with Crippen LogP contribution in [0.2, 0.25) is 0 Å². The molecule has 1 saturated heterocycles. The summed E-state index contributed by atoms with van der Waals surface area (Å²) in [5.41, 5.74) is -0.149. The number of ether oxygens (including phenoxy) is 3. The van der Waals surface area contributed by atoms with Gasteiger partial charge in [-0.3, -0.25) is 14.5 Å². The van der Waals surface area contributed by atoms with E-state index in [0.717, 1.165) is 6.42 Å². The number of methoxy groups -OCH3 is 1. The second-order valence-electron chi connectivity index (χ2n) is 11.5. The van der Waals surface area contributed by atoms with Gasteiger partial charge in [0.25, 0.3) is 11.5 Å². The third-order valence-electron chi connectivity index (χ3n) is 7.53. The van der Waals surface area contributed by atoms with Gasteiger partial charge in [-0.25, -0.2) is 9.78 Å². The number of hydrogen-bond acceptors (Lipinski definition) is 9. The van der Waals surface area contributed by atoms with E-state index in [1.54, 1.807) is 57.8 Å². The summed E-state index contributed by atoms with van der Waals surface area (Å²) in [6.07, 6.45) is 3.28. The topological polar surface area (TPSA) is 141 Å². The summed E-state index contributed by atoms with van der Waals surface area (Å²) in [5, 5.41) is 10.4. The molecule has 0 spiro atoms. The Morgan fingerprint density at radius 1 is 1.23 bits per heavy atom. The summed E-state index contributed by atoms with van der Waals surface area (Å²) in [7, 11) is 3.15. The fraction of sp³-hybridized carbons (Fsp3) is 0.519. The quantitative estimate of drug-likeness (QED) is 0.453. The van der Waals surface area contributed by atoms with E-state index in [2.05, 4.69) is 20.7 Å². The second kappa shape index (κ2) is 9.59. The van der Waals surface area contributed by atoms with E-state index in [1.807, 2.05) is 6.07 Å². The predicted molar refractivity (Wildman–Crippen MR) is 145 cm³/mol. The van der Waals surface area contributed by atoms with E-state index in [1.165, 1.54) is 15.6 Å². The first-order valence-electron chi connectivity index (χ1n) is 13.3. The summed E-state index contributed by atoms with van der Waals surface area (Å²) < 4.78 is 19.5. The lowest BCUT2D eigenvalue weighted by Crippen LogP contribution is -2.35. The van der Waals surface area contributed by atoms with Gasteiger partial charge in [-0.05, 0) is 39.3 Å². The van der Waals surface area contributed by atoms with Crippen LogP contribution < -0.4 is 21.1 Å².